The summed E-state index contributed by atoms with van der Waals surface area (Å²) in [4.78, 5) is 40.1. The van der Waals surface area contributed by atoms with Gasteiger partial charge in [-0.25, -0.2) is 4.79 Å². The van der Waals surface area contributed by atoms with Crippen molar-refractivity contribution >= 4 is 34.2 Å². The van der Waals surface area contributed by atoms with Gasteiger partial charge in [-0.1, -0.05) is 6.42 Å². The molecular weight excluding hydrogens is 392 g/mol. The van der Waals surface area contributed by atoms with Crippen LogP contribution in [0.1, 0.15) is 59.8 Å². The van der Waals surface area contributed by atoms with Crippen molar-refractivity contribution in [2.75, 3.05) is 38.7 Å². The van der Waals surface area contributed by atoms with Crippen LogP contribution in [0.4, 0.5) is 5.00 Å². The second-order valence-electron chi connectivity index (χ2n) is 7.61. The number of carbonyl (C=O) groups excluding carboxylic acids is 3. The van der Waals surface area contributed by atoms with Crippen LogP contribution in [-0.2, 0) is 31.9 Å². The van der Waals surface area contributed by atoms with Crippen molar-refractivity contribution in [1.82, 2.24) is 4.90 Å². The van der Waals surface area contributed by atoms with Gasteiger partial charge in [0.25, 0.3) is 0 Å². The van der Waals surface area contributed by atoms with Crippen LogP contribution >= 0.6 is 11.3 Å². The molecule has 7 nitrogen and oxygen atoms in total. The molecule has 2 aliphatic rings. The van der Waals surface area contributed by atoms with Gasteiger partial charge in [0.1, 0.15) is 5.00 Å². The lowest BCUT2D eigenvalue weighted by atomic mass is 9.97. The smallest absolute Gasteiger partial charge is 0.341 e. The highest BCUT2D eigenvalue weighted by Crippen LogP contribution is 2.38. The lowest BCUT2D eigenvalue weighted by Crippen LogP contribution is -2.41. The van der Waals surface area contributed by atoms with Gasteiger partial charge in [-0.3, -0.25) is 14.5 Å². The summed E-state index contributed by atoms with van der Waals surface area (Å²) in [5.74, 6) is -0.733. The number of carbonyl (C=O) groups is 3. The van der Waals surface area contributed by atoms with Gasteiger partial charge in [0.15, 0.2) is 0 Å². The minimum Gasteiger partial charge on any atom is -0.466 e. The van der Waals surface area contributed by atoms with Gasteiger partial charge in [0.05, 0.1) is 31.7 Å². The zero-order valence-electron chi connectivity index (χ0n) is 17.3. The van der Waals surface area contributed by atoms with E-state index < -0.39 is 0 Å². The van der Waals surface area contributed by atoms with E-state index in [-0.39, 0.29) is 30.3 Å². The molecular formula is C21H30N2O5S. The molecule has 29 heavy (non-hydrogen) atoms. The molecule has 1 N–H and O–H groups in total. The fourth-order valence-corrected chi connectivity index (χ4v) is 5.40. The Morgan fingerprint density at radius 1 is 1.14 bits per heavy atom. The van der Waals surface area contributed by atoms with E-state index in [4.69, 9.17) is 9.47 Å². The monoisotopic (exact) mass is 422 g/mol. The third-order valence-electron chi connectivity index (χ3n) is 5.64. The molecule has 0 unspecified atom stereocenters. The highest BCUT2D eigenvalue weighted by molar-refractivity contribution is 7.17. The maximum atomic E-state index is 12.7. The van der Waals surface area contributed by atoms with E-state index in [9.17, 15) is 14.4 Å². The van der Waals surface area contributed by atoms with Crippen molar-refractivity contribution in [3.05, 3.63) is 16.0 Å². The first-order valence-electron chi connectivity index (χ1n) is 10.4. The van der Waals surface area contributed by atoms with Crippen molar-refractivity contribution in [2.45, 2.75) is 51.9 Å². The van der Waals surface area contributed by atoms with Crippen LogP contribution in [0.5, 0.6) is 0 Å². The number of nitrogens with zero attached hydrogens (tertiary/aromatic N) is 1. The topological polar surface area (TPSA) is 84.9 Å². The predicted octanol–water partition coefficient (Wildman–Crippen LogP) is 3.02. The number of ether oxygens (including phenoxy) is 2. The minimum atomic E-state index is -0.380. The first kappa shape index (κ1) is 21.8. The maximum Gasteiger partial charge on any atom is 0.341 e. The molecule has 1 fully saturated rings. The fraction of sp³-hybridized carbons (Fsp3) is 0.667. The van der Waals surface area contributed by atoms with Crippen molar-refractivity contribution < 1.29 is 23.9 Å². The zero-order chi connectivity index (χ0) is 20.8. The normalized spacial score (nSPS) is 17.9. The molecule has 0 bridgehead atoms. The summed E-state index contributed by atoms with van der Waals surface area (Å²) in [6.45, 7) is 3.82. The maximum absolute atomic E-state index is 12.7. The van der Waals surface area contributed by atoms with E-state index in [1.54, 1.807) is 0 Å². The number of anilines is 1. The Bertz CT molecular complexity index is 752. The first-order chi connectivity index (χ1) is 14.0. The van der Waals surface area contributed by atoms with E-state index in [2.05, 4.69) is 5.32 Å². The second-order valence-corrected chi connectivity index (χ2v) is 8.72. The Hall–Kier alpha value is -1.93. The molecule has 2 heterocycles. The van der Waals surface area contributed by atoms with E-state index in [0.29, 0.717) is 43.1 Å². The van der Waals surface area contributed by atoms with Crippen LogP contribution in [0.25, 0.3) is 0 Å². The van der Waals surface area contributed by atoms with Gasteiger partial charge in [-0.2, -0.15) is 0 Å². The summed E-state index contributed by atoms with van der Waals surface area (Å²) in [6.07, 6.45) is 6.52. The Balaban J connectivity index is 1.61. The highest BCUT2D eigenvalue weighted by Gasteiger charge is 2.29. The number of likely N-dealkylation sites (tertiary alicyclic amines) is 1. The van der Waals surface area contributed by atoms with Crippen LogP contribution in [-0.4, -0.2) is 56.1 Å². The van der Waals surface area contributed by atoms with E-state index >= 15 is 0 Å². The third kappa shape index (κ3) is 5.36. The van der Waals surface area contributed by atoms with Crippen molar-refractivity contribution in [1.29, 1.82) is 0 Å². The number of esters is 2. The van der Waals surface area contributed by atoms with Gasteiger partial charge < -0.3 is 14.8 Å². The number of amides is 1. The SMILES string of the molecule is CCOC(=O)C1CCN(CC(=O)Nc2sc3c(c2C(=O)OC)CCCCC3)CC1. The molecule has 0 atom stereocenters. The van der Waals surface area contributed by atoms with Gasteiger partial charge in [-0.05, 0) is 64.1 Å². The number of rotatable bonds is 6. The Labute approximate surface area is 175 Å². The summed E-state index contributed by atoms with van der Waals surface area (Å²) < 4.78 is 10.1. The Morgan fingerprint density at radius 3 is 2.55 bits per heavy atom. The number of hydrogen-bond acceptors (Lipinski definition) is 7. The molecule has 1 aromatic heterocycles. The molecule has 1 amide bonds. The molecule has 0 radical (unpaired) electrons. The number of nitrogens with one attached hydrogen (secondary N) is 1. The van der Waals surface area contributed by atoms with Gasteiger partial charge in [0.2, 0.25) is 5.91 Å². The summed E-state index contributed by atoms with van der Waals surface area (Å²) >= 11 is 1.51. The van der Waals surface area contributed by atoms with E-state index in [1.807, 2.05) is 11.8 Å². The van der Waals surface area contributed by atoms with Crippen LogP contribution in [0.3, 0.4) is 0 Å². The molecule has 0 aromatic carbocycles. The standard InChI is InChI=1S/C21H30N2O5S/c1-3-28-20(25)14-9-11-23(12-10-14)13-17(24)22-19-18(21(26)27-2)15-7-5-4-6-8-16(15)29-19/h14H,3-13H2,1-2H3,(H,22,24). The van der Waals surface area contributed by atoms with Gasteiger partial charge >= 0.3 is 11.9 Å². The number of aryl methyl sites for hydroxylation is 1. The molecule has 3 rings (SSSR count). The average Bonchev–Trinajstić information content (AvgIpc) is 2.88. The second kappa shape index (κ2) is 10.2. The average molecular weight is 423 g/mol. The summed E-state index contributed by atoms with van der Waals surface area (Å²) in [7, 11) is 1.38. The minimum absolute atomic E-state index is 0.0758. The molecule has 1 aliphatic carbocycles. The Morgan fingerprint density at radius 2 is 1.86 bits per heavy atom. The van der Waals surface area contributed by atoms with Crippen LogP contribution in [0.15, 0.2) is 0 Å². The zero-order valence-corrected chi connectivity index (χ0v) is 18.1. The summed E-state index contributed by atoms with van der Waals surface area (Å²) in [6, 6.07) is 0. The number of hydrogen-bond donors (Lipinski definition) is 1. The van der Waals surface area contributed by atoms with Crippen molar-refractivity contribution in [3.8, 4) is 0 Å². The molecule has 0 spiro atoms. The largest absolute Gasteiger partial charge is 0.466 e. The van der Waals surface area contributed by atoms with Gasteiger partial charge in [0, 0.05) is 4.88 Å². The highest BCUT2D eigenvalue weighted by atomic mass is 32.1. The number of thiophene rings is 1. The molecule has 1 aliphatic heterocycles. The number of piperidine rings is 1. The van der Waals surface area contributed by atoms with Crippen molar-refractivity contribution in [3.63, 3.8) is 0 Å². The van der Waals surface area contributed by atoms with Crippen LogP contribution < -0.4 is 5.32 Å². The fourth-order valence-electron chi connectivity index (χ4n) is 4.10. The first-order valence-corrected chi connectivity index (χ1v) is 11.3. The quantitative estimate of drug-likeness (QED) is 0.560. The number of fused-ring (bicyclic) bond motifs is 1. The molecule has 1 aromatic rings. The summed E-state index contributed by atoms with van der Waals surface area (Å²) in [5.41, 5.74) is 1.58. The van der Waals surface area contributed by atoms with Gasteiger partial charge in [-0.15, -0.1) is 11.3 Å². The molecule has 160 valence electrons. The molecule has 1 saturated heterocycles. The Kier molecular flexibility index (Phi) is 7.66. The van der Waals surface area contributed by atoms with E-state index in [1.165, 1.54) is 23.3 Å². The molecule has 8 heteroatoms. The lowest BCUT2D eigenvalue weighted by Gasteiger charge is -2.30. The summed E-state index contributed by atoms with van der Waals surface area (Å²) in [5, 5.41) is 3.56. The van der Waals surface area contributed by atoms with E-state index in [0.717, 1.165) is 37.7 Å². The lowest BCUT2D eigenvalue weighted by molar-refractivity contribution is -0.149. The predicted molar refractivity (Wildman–Crippen MR) is 111 cm³/mol. The van der Waals surface area contributed by atoms with Crippen LogP contribution in [0, 0.1) is 5.92 Å². The number of methoxy groups -OCH3 is 1. The van der Waals surface area contributed by atoms with Crippen molar-refractivity contribution in [2.24, 2.45) is 5.92 Å². The molecule has 0 saturated carbocycles. The van der Waals surface area contributed by atoms with Crippen LogP contribution in [0.2, 0.25) is 0 Å². The third-order valence-corrected chi connectivity index (χ3v) is 6.85.